The van der Waals surface area contributed by atoms with E-state index in [0.717, 1.165) is 31.5 Å². The lowest BCUT2D eigenvalue weighted by molar-refractivity contribution is 0.0589. The van der Waals surface area contributed by atoms with Gasteiger partial charge in [-0.1, -0.05) is 12.1 Å². The van der Waals surface area contributed by atoms with Crippen molar-refractivity contribution in [3.05, 3.63) is 59.4 Å². The first kappa shape index (κ1) is 16.6. The van der Waals surface area contributed by atoms with Gasteiger partial charge in [-0.25, -0.2) is 4.39 Å². The lowest BCUT2D eigenvalue weighted by Gasteiger charge is -2.46. The minimum Gasteiger partial charge on any atom is -0.354 e. The molecule has 2 aromatic rings. The van der Waals surface area contributed by atoms with Crippen molar-refractivity contribution in [2.75, 3.05) is 23.8 Å². The lowest BCUT2D eigenvalue weighted by atomic mass is 9.97. The first-order valence-electron chi connectivity index (χ1n) is 8.80. The molecule has 0 saturated carbocycles. The molecule has 1 fully saturated rings. The van der Waals surface area contributed by atoms with E-state index in [4.69, 9.17) is 0 Å². The van der Waals surface area contributed by atoms with Crippen LogP contribution in [0.3, 0.4) is 0 Å². The van der Waals surface area contributed by atoms with E-state index in [9.17, 15) is 14.0 Å². The van der Waals surface area contributed by atoms with Crippen molar-refractivity contribution in [3.8, 4) is 0 Å². The molecule has 2 aliphatic rings. The van der Waals surface area contributed by atoms with E-state index in [-0.39, 0.29) is 17.8 Å². The van der Waals surface area contributed by atoms with Gasteiger partial charge in [0.15, 0.2) is 0 Å². The van der Waals surface area contributed by atoms with Crippen molar-refractivity contribution in [2.45, 2.75) is 25.4 Å². The standard InChI is InChI=1S/C20H20FN3O2/c1-23-17-12-13(19(25)22-16-7-3-2-6-15(16)21)9-10-14(17)20(26)24-11-5-4-8-18(23)24/h2-3,6-7,9-10,12,18H,4-5,8,11H2,1H3,(H,22,25)/t18-/m1/s1. The van der Waals surface area contributed by atoms with Crippen LogP contribution < -0.4 is 10.2 Å². The Balaban J connectivity index is 1.65. The molecule has 0 bridgehead atoms. The first-order valence-corrected chi connectivity index (χ1v) is 8.80. The van der Waals surface area contributed by atoms with Gasteiger partial charge in [0, 0.05) is 19.2 Å². The molecule has 0 aromatic heterocycles. The van der Waals surface area contributed by atoms with Gasteiger partial charge in [0.25, 0.3) is 11.8 Å². The molecule has 2 heterocycles. The topological polar surface area (TPSA) is 52.7 Å². The summed E-state index contributed by atoms with van der Waals surface area (Å²) in [5, 5.41) is 2.59. The predicted molar refractivity (Wildman–Crippen MR) is 97.9 cm³/mol. The molecule has 0 radical (unpaired) electrons. The van der Waals surface area contributed by atoms with Crippen molar-refractivity contribution in [1.29, 1.82) is 0 Å². The summed E-state index contributed by atoms with van der Waals surface area (Å²) in [6, 6.07) is 11.1. The van der Waals surface area contributed by atoms with Crippen molar-refractivity contribution >= 4 is 23.2 Å². The molecule has 0 unspecified atom stereocenters. The number of halogens is 1. The number of para-hydroxylation sites is 1. The van der Waals surface area contributed by atoms with Crippen molar-refractivity contribution < 1.29 is 14.0 Å². The molecule has 1 saturated heterocycles. The molecular formula is C20H20FN3O2. The number of piperidine rings is 1. The van der Waals surface area contributed by atoms with Crippen LogP contribution in [0.15, 0.2) is 42.5 Å². The van der Waals surface area contributed by atoms with E-state index in [1.165, 1.54) is 12.1 Å². The fourth-order valence-electron chi connectivity index (χ4n) is 3.77. The van der Waals surface area contributed by atoms with Crippen LogP contribution in [0.2, 0.25) is 0 Å². The summed E-state index contributed by atoms with van der Waals surface area (Å²) < 4.78 is 13.8. The number of carbonyl (C=O) groups excluding carboxylic acids is 2. The molecule has 0 aliphatic carbocycles. The summed E-state index contributed by atoms with van der Waals surface area (Å²) in [4.78, 5) is 29.3. The number of amides is 2. The Morgan fingerprint density at radius 3 is 2.81 bits per heavy atom. The minimum atomic E-state index is -0.482. The third-order valence-electron chi connectivity index (χ3n) is 5.17. The van der Waals surface area contributed by atoms with E-state index in [2.05, 4.69) is 10.2 Å². The maximum absolute atomic E-state index is 13.8. The highest BCUT2D eigenvalue weighted by Crippen LogP contribution is 2.35. The summed E-state index contributed by atoms with van der Waals surface area (Å²) in [5.74, 6) is -0.863. The maximum Gasteiger partial charge on any atom is 0.257 e. The molecule has 4 rings (SSSR count). The Morgan fingerprint density at radius 2 is 2.00 bits per heavy atom. The number of carbonyl (C=O) groups is 2. The summed E-state index contributed by atoms with van der Waals surface area (Å²) in [6.07, 6.45) is 3.07. The van der Waals surface area contributed by atoms with Gasteiger partial charge in [-0.3, -0.25) is 9.59 Å². The van der Waals surface area contributed by atoms with E-state index < -0.39 is 11.7 Å². The van der Waals surface area contributed by atoms with Crippen molar-refractivity contribution in [1.82, 2.24) is 4.90 Å². The minimum absolute atomic E-state index is 0.0175. The molecule has 1 N–H and O–H groups in total. The molecule has 134 valence electrons. The van der Waals surface area contributed by atoms with Gasteiger partial charge < -0.3 is 15.1 Å². The van der Waals surface area contributed by atoms with E-state index >= 15 is 0 Å². The molecule has 2 aromatic carbocycles. The number of benzene rings is 2. The molecule has 5 nitrogen and oxygen atoms in total. The van der Waals surface area contributed by atoms with Crippen LogP contribution in [-0.4, -0.2) is 36.5 Å². The highest BCUT2D eigenvalue weighted by Gasteiger charge is 2.37. The van der Waals surface area contributed by atoms with E-state index in [0.29, 0.717) is 11.1 Å². The summed E-state index contributed by atoms with van der Waals surface area (Å²) in [7, 11) is 1.95. The SMILES string of the molecule is CN1c2cc(C(=O)Nc3ccccc3F)ccc2C(=O)N2CCCC[C@@H]21. The maximum atomic E-state index is 13.8. The first-order chi connectivity index (χ1) is 12.6. The van der Waals surface area contributed by atoms with Gasteiger partial charge >= 0.3 is 0 Å². The molecular weight excluding hydrogens is 333 g/mol. The quantitative estimate of drug-likeness (QED) is 0.899. The number of nitrogens with one attached hydrogen (secondary N) is 1. The van der Waals surface area contributed by atoms with Crippen LogP contribution in [0.25, 0.3) is 0 Å². The van der Waals surface area contributed by atoms with Crippen LogP contribution in [0, 0.1) is 5.82 Å². The number of nitrogens with zero attached hydrogens (tertiary/aromatic N) is 2. The second-order valence-corrected chi connectivity index (χ2v) is 6.75. The van der Waals surface area contributed by atoms with Gasteiger partial charge in [0.05, 0.1) is 16.9 Å². The summed E-state index contributed by atoms with van der Waals surface area (Å²) in [5.41, 5.74) is 1.89. The molecule has 2 amide bonds. The highest BCUT2D eigenvalue weighted by molar-refractivity contribution is 6.08. The van der Waals surface area contributed by atoms with Crippen LogP contribution in [0.1, 0.15) is 40.0 Å². The van der Waals surface area contributed by atoms with Gasteiger partial charge in [0.2, 0.25) is 0 Å². The smallest absolute Gasteiger partial charge is 0.257 e. The molecule has 6 heteroatoms. The fourth-order valence-corrected chi connectivity index (χ4v) is 3.77. The number of hydrogen-bond acceptors (Lipinski definition) is 3. The lowest BCUT2D eigenvalue weighted by Crippen LogP contribution is -2.55. The number of fused-ring (bicyclic) bond motifs is 2. The Bertz CT molecular complexity index is 883. The Hall–Kier alpha value is -2.89. The molecule has 26 heavy (non-hydrogen) atoms. The zero-order valence-electron chi connectivity index (χ0n) is 14.5. The van der Waals surface area contributed by atoms with Gasteiger partial charge in [-0.15, -0.1) is 0 Å². The zero-order valence-corrected chi connectivity index (χ0v) is 14.5. The molecule has 0 spiro atoms. The predicted octanol–water partition coefficient (Wildman–Crippen LogP) is 3.48. The number of hydrogen-bond donors (Lipinski definition) is 1. The Labute approximate surface area is 151 Å². The van der Waals surface area contributed by atoms with Crippen molar-refractivity contribution in [3.63, 3.8) is 0 Å². The van der Waals surface area contributed by atoms with Crippen LogP contribution >= 0.6 is 0 Å². The third kappa shape index (κ3) is 2.71. The second-order valence-electron chi connectivity index (χ2n) is 6.75. The molecule has 2 aliphatic heterocycles. The Morgan fingerprint density at radius 1 is 1.19 bits per heavy atom. The van der Waals surface area contributed by atoms with Crippen molar-refractivity contribution in [2.24, 2.45) is 0 Å². The van der Waals surface area contributed by atoms with E-state index in [1.54, 1.807) is 30.3 Å². The number of rotatable bonds is 2. The number of anilines is 2. The monoisotopic (exact) mass is 353 g/mol. The molecule has 1 atom stereocenters. The van der Waals surface area contributed by atoms with Crippen LogP contribution in [0.4, 0.5) is 15.8 Å². The largest absolute Gasteiger partial charge is 0.354 e. The normalized spacial score (nSPS) is 19.0. The van der Waals surface area contributed by atoms with Gasteiger partial charge in [-0.05, 0) is 49.6 Å². The average Bonchev–Trinajstić information content (AvgIpc) is 2.67. The van der Waals surface area contributed by atoms with E-state index in [1.807, 2.05) is 11.9 Å². The van der Waals surface area contributed by atoms with Crippen LogP contribution in [-0.2, 0) is 0 Å². The average molecular weight is 353 g/mol. The zero-order chi connectivity index (χ0) is 18.3. The van der Waals surface area contributed by atoms with Gasteiger partial charge in [0.1, 0.15) is 12.0 Å². The second kappa shape index (κ2) is 6.44. The fraction of sp³-hybridized carbons (Fsp3) is 0.300. The summed E-state index contributed by atoms with van der Waals surface area (Å²) >= 11 is 0. The van der Waals surface area contributed by atoms with Crippen LogP contribution in [0.5, 0.6) is 0 Å². The highest BCUT2D eigenvalue weighted by atomic mass is 19.1. The third-order valence-corrected chi connectivity index (χ3v) is 5.17. The summed E-state index contributed by atoms with van der Waals surface area (Å²) in [6.45, 7) is 0.767. The Kier molecular flexibility index (Phi) is 4.11. The van der Waals surface area contributed by atoms with Gasteiger partial charge in [-0.2, -0.15) is 0 Å².